The van der Waals surface area contributed by atoms with Crippen LogP contribution in [0.4, 0.5) is 4.39 Å². The summed E-state index contributed by atoms with van der Waals surface area (Å²) in [5.41, 5.74) is 1.41. The van der Waals surface area contributed by atoms with Gasteiger partial charge in [-0.25, -0.2) is 17.1 Å². The number of hydrogen-bond acceptors (Lipinski definition) is 3. The molecule has 0 saturated carbocycles. The first kappa shape index (κ1) is 16.1. The Kier molecular flexibility index (Phi) is 4.50. The lowest BCUT2D eigenvalue weighted by atomic mass is 9.96. The molecule has 1 atom stereocenters. The Morgan fingerprint density at radius 1 is 1.35 bits per heavy atom. The van der Waals surface area contributed by atoms with Gasteiger partial charge in [-0.15, -0.1) is 0 Å². The molecule has 5 nitrogen and oxygen atoms in total. The highest BCUT2D eigenvalue weighted by Gasteiger charge is 2.30. The number of halogens is 1. The molecule has 7 heteroatoms. The van der Waals surface area contributed by atoms with E-state index in [2.05, 4.69) is 5.10 Å². The van der Waals surface area contributed by atoms with Crippen LogP contribution >= 0.6 is 0 Å². The average molecular weight is 337 g/mol. The molecule has 0 unspecified atom stereocenters. The van der Waals surface area contributed by atoms with Crippen LogP contribution in [0.1, 0.15) is 30.0 Å². The van der Waals surface area contributed by atoms with Gasteiger partial charge in [-0.05, 0) is 36.6 Å². The Morgan fingerprint density at radius 3 is 2.87 bits per heavy atom. The summed E-state index contributed by atoms with van der Waals surface area (Å²) in [6.07, 6.45) is 3.61. The van der Waals surface area contributed by atoms with Gasteiger partial charge in [-0.1, -0.05) is 12.1 Å². The van der Waals surface area contributed by atoms with Crippen molar-refractivity contribution < 1.29 is 12.8 Å². The third-order valence-electron chi connectivity index (χ3n) is 4.17. The van der Waals surface area contributed by atoms with E-state index in [1.165, 1.54) is 22.5 Å². The van der Waals surface area contributed by atoms with Crippen molar-refractivity contribution in [3.05, 3.63) is 53.6 Å². The number of aryl methyl sites for hydroxylation is 1. The highest BCUT2D eigenvalue weighted by molar-refractivity contribution is 7.88. The lowest BCUT2D eigenvalue weighted by Gasteiger charge is -2.31. The Balaban J connectivity index is 1.74. The monoisotopic (exact) mass is 337 g/mol. The Labute approximate surface area is 135 Å². The maximum absolute atomic E-state index is 13.3. The summed E-state index contributed by atoms with van der Waals surface area (Å²) in [4.78, 5) is 0. The van der Waals surface area contributed by atoms with Crippen LogP contribution in [0.5, 0.6) is 0 Å². The molecule has 23 heavy (non-hydrogen) atoms. The van der Waals surface area contributed by atoms with E-state index in [9.17, 15) is 12.8 Å². The predicted octanol–water partition coefficient (Wildman–Crippen LogP) is 2.27. The van der Waals surface area contributed by atoms with Gasteiger partial charge in [0.1, 0.15) is 5.82 Å². The first-order chi connectivity index (χ1) is 10.9. The summed E-state index contributed by atoms with van der Waals surface area (Å²) in [5.74, 6) is -0.463. The van der Waals surface area contributed by atoms with Crippen molar-refractivity contribution >= 4 is 10.0 Å². The molecule has 1 aliphatic rings. The summed E-state index contributed by atoms with van der Waals surface area (Å²) in [6.45, 7) is 0.954. The van der Waals surface area contributed by atoms with E-state index in [1.54, 1.807) is 10.7 Å². The van der Waals surface area contributed by atoms with E-state index in [4.69, 9.17) is 0 Å². The van der Waals surface area contributed by atoms with Crippen LogP contribution in [-0.4, -0.2) is 35.6 Å². The number of aromatic nitrogens is 2. The van der Waals surface area contributed by atoms with Crippen LogP contribution in [0.3, 0.4) is 0 Å². The van der Waals surface area contributed by atoms with Gasteiger partial charge in [0, 0.05) is 32.3 Å². The fraction of sp³-hybridized carbons (Fsp3) is 0.438. The largest absolute Gasteiger partial charge is 0.276 e. The van der Waals surface area contributed by atoms with Crippen LogP contribution in [0.25, 0.3) is 0 Å². The van der Waals surface area contributed by atoms with Crippen molar-refractivity contribution in [1.29, 1.82) is 0 Å². The summed E-state index contributed by atoms with van der Waals surface area (Å²) >= 11 is 0. The van der Waals surface area contributed by atoms with Crippen LogP contribution in [0.15, 0.2) is 36.5 Å². The molecule has 0 bridgehead atoms. The summed E-state index contributed by atoms with van der Waals surface area (Å²) in [5, 5.41) is 4.39. The van der Waals surface area contributed by atoms with Gasteiger partial charge in [0.05, 0.1) is 11.4 Å². The van der Waals surface area contributed by atoms with E-state index in [-0.39, 0.29) is 11.7 Å². The molecule has 2 heterocycles. The molecule has 124 valence electrons. The normalized spacial score (nSPS) is 19.8. The zero-order chi connectivity index (χ0) is 16.4. The molecule has 0 aliphatic carbocycles. The molecule has 0 radical (unpaired) electrons. The smallest absolute Gasteiger partial charge is 0.218 e. The van der Waals surface area contributed by atoms with Crippen LogP contribution < -0.4 is 0 Å². The van der Waals surface area contributed by atoms with Gasteiger partial charge in [-0.3, -0.25) is 4.68 Å². The third-order valence-corrected chi connectivity index (χ3v) is 5.98. The topological polar surface area (TPSA) is 55.2 Å². The number of hydrogen-bond donors (Lipinski definition) is 0. The van der Waals surface area contributed by atoms with Gasteiger partial charge < -0.3 is 0 Å². The molecule has 0 N–H and O–H groups in total. The standard InChI is InChI=1S/C16H20FN3O2S/c1-19-9-7-16(18-19)14-5-3-8-20(11-14)23(21,22)12-13-4-2-6-15(17)10-13/h2,4,6-7,9-10,14H,3,5,8,11-12H2,1H3/t14-/m1/s1. The van der Waals surface area contributed by atoms with Crippen molar-refractivity contribution in [3.8, 4) is 0 Å². The number of nitrogens with zero attached hydrogens (tertiary/aromatic N) is 3. The van der Waals surface area contributed by atoms with Crippen molar-refractivity contribution in [2.45, 2.75) is 24.5 Å². The molecule has 0 spiro atoms. The number of rotatable bonds is 4. The van der Waals surface area contributed by atoms with E-state index in [1.807, 2.05) is 19.3 Å². The Bertz CT molecular complexity index is 788. The van der Waals surface area contributed by atoms with E-state index in [0.717, 1.165) is 18.5 Å². The molecule has 2 aromatic rings. The van der Waals surface area contributed by atoms with Crippen molar-refractivity contribution in [2.24, 2.45) is 7.05 Å². The van der Waals surface area contributed by atoms with Crippen molar-refractivity contribution in [3.63, 3.8) is 0 Å². The second kappa shape index (κ2) is 6.41. The van der Waals surface area contributed by atoms with Crippen LogP contribution in [0, 0.1) is 5.82 Å². The highest BCUT2D eigenvalue weighted by Crippen LogP contribution is 2.28. The van der Waals surface area contributed by atoms with Gasteiger partial charge >= 0.3 is 0 Å². The van der Waals surface area contributed by atoms with Crippen molar-refractivity contribution in [1.82, 2.24) is 14.1 Å². The van der Waals surface area contributed by atoms with Crippen LogP contribution in [-0.2, 0) is 22.8 Å². The molecule has 0 amide bonds. The molecular formula is C16H20FN3O2S. The highest BCUT2D eigenvalue weighted by atomic mass is 32.2. The van der Waals surface area contributed by atoms with Crippen LogP contribution in [0.2, 0.25) is 0 Å². The second-order valence-electron chi connectivity index (χ2n) is 6.00. The minimum absolute atomic E-state index is 0.118. The van der Waals surface area contributed by atoms with E-state index in [0.29, 0.717) is 18.7 Å². The van der Waals surface area contributed by atoms with Gasteiger partial charge in [0.25, 0.3) is 0 Å². The zero-order valence-corrected chi connectivity index (χ0v) is 13.8. The van der Waals surface area contributed by atoms with Crippen molar-refractivity contribution in [2.75, 3.05) is 13.1 Å². The van der Waals surface area contributed by atoms with Gasteiger partial charge in [-0.2, -0.15) is 5.10 Å². The number of sulfonamides is 1. The average Bonchev–Trinajstić information content (AvgIpc) is 2.94. The molecular weight excluding hydrogens is 317 g/mol. The summed E-state index contributed by atoms with van der Waals surface area (Å²) in [7, 11) is -1.60. The second-order valence-corrected chi connectivity index (χ2v) is 7.97. The van der Waals surface area contributed by atoms with Gasteiger partial charge in [0.2, 0.25) is 10.0 Å². The predicted molar refractivity (Wildman–Crippen MR) is 85.8 cm³/mol. The Hall–Kier alpha value is -1.73. The lowest BCUT2D eigenvalue weighted by Crippen LogP contribution is -2.39. The SMILES string of the molecule is Cn1ccc([C@@H]2CCCN(S(=O)(=O)Cc3cccc(F)c3)C2)n1. The minimum Gasteiger partial charge on any atom is -0.276 e. The van der Waals surface area contributed by atoms with Gasteiger partial charge in [0.15, 0.2) is 0 Å². The Morgan fingerprint density at radius 2 is 2.17 bits per heavy atom. The van der Waals surface area contributed by atoms with E-state index >= 15 is 0 Å². The third kappa shape index (κ3) is 3.79. The summed E-state index contributed by atoms with van der Waals surface area (Å²) < 4.78 is 41.8. The zero-order valence-electron chi connectivity index (χ0n) is 13.0. The molecule has 1 fully saturated rings. The molecule has 3 rings (SSSR count). The number of piperidine rings is 1. The molecule has 1 aliphatic heterocycles. The molecule has 1 aromatic heterocycles. The molecule has 1 saturated heterocycles. The minimum atomic E-state index is -3.46. The maximum atomic E-state index is 13.3. The fourth-order valence-corrected chi connectivity index (χ4v) is 4.61. The first-order valence-corrected chi connectivity index (χ1v) is 9.27. The summed E-state index contributed by atoms with van der Waals surface area (Å²) in [6, 6.07) is 7.70. The quantitative estimate of drug-likeness (QED) is 0.860. The lowest BCUT2D eigenvalue weighted by molar-refractivity contribution is 0.311. The molecule has 1 aromatic carbocycles. The maximum Gasteiger partial charge on any atom is 0.218 e. The van der Waals surface area contributed by atoms with E-state index < -0.39 is 15.8 Å². The fourth-order valence-electron chi connectivity index (χ4n) is 3.02. The number of benzene rings is 1. The first-order valence-electron chi connectivity index (χ1n) is 7.66.